The van der Waals surface area contributed by atoms with Gasteiger partial charge in [0.05, 0.1) is 17.4 Å². The fourth-order valence-corrected chi connectivity index (χ4v) is 4.43. The Morgan fingerprint density at radius 2 is 1.52 bits per heavy atom. The van der Waals surface area contributed by atoms with E-state index in [1.54, 1.807) is 12.1 Å². The van der Waals surface area contributed by atoms with Crippen LogP contribution in [0.5, 0.6) is 0 Å². The largest absolute Gasteiger partial charge is 0.372 e. The van der Waals surface area contributed by atoms with E-state index in [9.17, 15) is 18.0 Å². The lowest BCUT2D eigenvalue weighted by molar-refractivity contribution is -0.116. The number of rotatable bonds is 2. The first-order valence-corrected chi connectivity index (χ1v) is 10.1. The predicted molar refractivity (Wildman–Crippen MR) is 113 cm³/mol. The van der Waals surface area contributed by atoms with E-state index in [1.165, 1.54) is 12.1 Å². The summed E-state index contributed by atoms with van der Waals surface area (Å²) in [5.74, 6) is -1.78. The van der Waals surface area contributed by atoms with Crippen LogP contribution in [-0.2, 0) is 4.79 Å². The van der Waals surface area contributed by atoms with Gasteiger partial charge < -0.3 is 10.6 Å². The van der Waals surface area contributed by atoms with Crippen LogP contribution in [-0.4, -0.2) is 5.78 Å². The summed E-state index contributed by atoms with van der Waals surface area (Å²) in [5, 5.41) is 6.58. The van der Waals surface area contributed by atoms with E-state index >= 15 is 0 Å². The molecule has 0 saturated heterocycles. The molecule has 156 valence electrons. The molecule has 0 radical (unpaired) electrons. The Morgan fingerprint density at radius 1 is 0.806 bits per heavy atom. The molecule has 2 N–H and O–H groups in total. The van der Waals surface area contributed by atoms with Gasteiger partial charge in [-0.05, 0) is 60.4 Å². The highest BCUT2D eigenvalue weighted by molar-refractivity contribution is 6.01. The quantitative estimate of drug-likeness (QED) is 0.528. The molecule has 1 aliphatic carbocycles. The zero-order valence-corrected chi connectivity index (χ0v) is 16.5. The van der Waals surface area contributed by atoms with E-state index < -0.39 is 17.7 Å². The first kappa shape index (κ1) is 19.4. The molecule has 2 aliphatic rings. The van der Waals surface area contributed by atoms with Gasteiger partial charge in [-0.2, -0.15) is 0 Å². The van der Waals surface area contributed by atoms with Crippen molar-refractivity contribution in [2.24, 2.45) is 0 Å². The third kappa shape index (κ3) is 3.58. The van der Waals surface area contributed by atoms with Gasteiger partial charge in [-0.1, -0.05) is 24.3 Å². The second kappa shape index (κ2) is 7.61. The van der Waals surface area contributed by atoms with Crippen molar-refractivity contribution in [2.45, 2.75) is 24.8 Å². The molecular formula is C25H19F3N2O. The molecule has 0 amide bonds. The summed E-state index contributed by atoms with van der Waals surface area (Å²) in [4.78, 5) is 13.3. The maximum atomic E-state index is 14.7. The molecule has 1 aliphatic heterocycles. The maximum absolute atomic E-state index is 14.7. The van der Waals surface area contributed by atoms with Gasteiger partial charge in [0.2, 0.25) is 0 Å². The van der Waals surface area contributed by atoms with Crippen molar-refractivity contribution >= 4 is 17.2 Å². The molecule has 0 saturated carbocycles. The fourth-order valence-electron chi connectivity index (χ4n) is 4.43. The lowest BCUT2D eigenvalue weighted by Gasteiger charge is -2.30. The first-order chi connectivity index (χ1) is 15.0. The van der Waals surface area contributed by atoms with Crippen LogP contribution in [0.4, 0.5) is 24.5 Å². The highest BCUT2D eigenvalue weighted by Gasteiger charge is 2.37. The first-order valence-electron chi connectivity index (χ1n) is 10.1. The topological polar surface area (TPSA) is 41.1 Å². The molecule has 0 bridgehead atoms. The van der Waals surface area contributed by atoms with E-state index in [2.05, 4.69) is 10.6 Å². The fraction of sp³-hybridized carbons (Fsp3) is 0.160. The van der Waals surface area contributed by atoms with Crippen molar-refractivity contribution in [3.8, 4) is 0 Å². The van der Waals surface area contributed by atoms with Crippen molar-refractivity contribution in [1.82, 2.24) is 0 Å². The number of hydrogen-bond acceptors (Lipinski definition) is 3. The van der Waals surface area contributed by atoms with Crippen LogP contribution in [0.15, 0.2) is 78.0 Å². The second-order valence-corrected chi connectivity index (χ2v) is 7.89. The average Bonchev–Trinajstić information content (AvgIpc) is 2.92. The summed E-state index contributed by atoms with van der Waals surface area (Å²) in [7, 11) is 0. The molecular weight excluding hydrogens is 401 g/mol. The number of nitrogens with one attached hydrogen (secondary N) is 2. The number of fused-ring (bicyclic) bond motifs is 1. The predicted octanol–water partition coefficient (Wildman–Crippen LogP) is 6.08. The SMILES string of the molecule is O=C1CC(c2ccc(F)cc2)CC2=C1C(c1cc(F)ccc1F)Nc1ccccc1N2. The molecule has 0 fully saturated rings. The van der Waals surface area contributed by atoms with Gasteiger partial charge in [0.15, 0.2) is 5.78 Å². The number of carbonyl (C=O) groups is 1. The van der Waals surface area contributed by atoms with Crippen molar-refractivity contribution in [2.75, 3.05) is 10.6 Å². The Morgan fingerprint density at radius 3 is 2.29 bits per heavy atom. The molecule has 5 rings (SSSR count). The normalized spacial score (nSPS) is 20.3. The molecule has 0 aromatic heterocycles. The number of ketones is 1. The van der Waals surface area contributed by atoms with Crippen LogP contribution >= 0.6 is 0 Å². The van der Waals surface area contributed by atoms with E-state index in [0.29, 0.717) is 23.4 Å². The smallest absolute Gasteiger partial charge is 0.163 e. The van der Waals surface area contributed by atoms with Gasteiger partial charge in [0.1, 0.15) is 17.5 Å². The number of allylic oxidation sites excluding steroid dienone is 1. The van der Waals surface area contributed by atoms with Gasteiger partial charge >= 0.3 is 0 Å². The summed E-state index contributed by atoms with van der Waals surface area (Å²) in [5.41, 5.74) is 3.45. The van der Waals surface area contributed by atoms with E-state index in [1.807, 2.05) is 24.3 Å². The van der Waals surface area contributed by atoms with E-state index in [0.717, 1.165) is 29.4 Å². The standard InChI is InChI=1S/C25H19F3N2O/c26-16-7-5-14(6-8-16)15-11-22-24(23(31)12-15)25(18-13-17(27)9-10-19(18)28)30-21-4-2-1-3-20(21)29-22/h1-10,13,15,25,29-30H,11-12H2. The molecule has 6 heteroatoms. The Balaban J connectivity index is 1.63. The second-order valence-electron chi connectivity index (χ2n) is 7.89. The van der Waals surface area contributed by atoms with Crippen molar-refractivity contribution < 1.29 is 18.0 Å². The Kier molecular flexibility index (Phi) is 4.77. The minimum Gasteiger partial charge on any atom is -0.372 e. The van der Waals surface area contributed by atoms with Crippen LogP contribution in [0.1, 0.15) is 35.9 Å². The molecule has 31 heavy (non-hydrogen) atoms. The van der Waals surface area contributed by atoms with Crippen LogP contribution in [0.3, 0.4) is 0 Å². The third-order valence-electron chi connectivity index (χ3n) is 5.92. The lowest BCUT2D eigenvalue weighted by Crippen LogP contribution is -2.27. The number of para-hydroxylation sites is 2. The van der Waals surface area contributed by atoms with Crippen LogP contribution < -0.4 is 10.6 Å². The zero-order chi connectivity index (χ0) is 21.5. The van der Waals surface area contributed by atoms with Gasteiger partial charge in [-0.3, -0.25) is 4.79 Å². The molecule has 2 unspecified atom stereocenters. The van der Waals surface area contributed by atoms with Gasteiger partial charge in [-0.25, -0.2) is 13.2 Å². The van der Waals surface area contributed by atoms with E-state index in [4.69, 9.17) is 0 Å². The van der Waals surface area contributed by atoms with Crippen LogP contribution in [0, 0.1) is 17.5 Å². The molecule has 3 nitrogen and oxygen atoms in total. The van der Waals surface area contributed by atoms with Crippen molar-refractivity contribution in [3.63, 3.8) is 0 Å². The number of Topliss-reactive ketones (excluding diaryl/α,β-unsaturated/α-hetero) is 1. The number of halogens is 3. The molecule has 0 spiro atoms. The van der Waals surface area contributed by atoms with Gasteiger partial charge in [0, 0.05) is 23.3 Å². The van der Waals surface area contributed by atoms with Crippen LogP contribution in [0.25, 0.3) is 0 Å². The summed E-state index contributed by atoms with van der Waals surface area (Å²) in [6.07, 6.45) is 0.702. The maximum Gasteiger partial charge on any atom is 0.163 e. The summed E-state index contributed by atoms with van der Waals surface area (Å²) in [6.45, 7) is 0. The molecule has 3 aromatic carbocycles. The monoisotopic (exact) mass is 420 g/mol. The summed E-state index contributed by atoms with van der Waals surface area (Å²) < 4.78 is 42.1. The minimum absolute atomic E-state index is 0.0829. The summed E-state index contributed by atoms with van der Waals surface area (Å²) >= 11 is 0. The van der Waals surface area contributed by atoms with Crippen LogP contribution in [0.2, 0.25) is 0 Å². The highest BCUT2D eigenvalue weighted by atomic mass is 19.1. The minimum atomic E-state index is -0.830. The molecule has 1 heterocycles. The number of benzene rings is 3. The zero-order valence-electron chi connectivity index (χ0n) is 16.5. The number of carbonyl (C=O) groups excluding carboxylic acids is 1. The highest BCUT2D eigenvalue weighted by Crippen LogP contribution is 2.44. The van der Waals surface area contributed by atoms with Gasteiger partial charge in [0.25, 0.3) is 0 Å². The molecule has 3 aromatic rings. The van der Waals surface area contributed by atoms with Gasteiger partial charge in [-0.15, -0.1) is 0 Å². The Bertz CT molecular complexity index is 1200. The summed E-state index contributed by atoms with van der Waals surface area (Å²) in [6, 6.07) is 16.0. The van der Waals surface area contributed by atoms with Crippen molar-refractivity contribution in [3.05, 3.63) is 107 Å². The Hall–Kier alpha value is -3.54. The molecule has 2 atom stereocenters. The number of anilines is 2. The average molecular weight is 420 g/mol. The van der Waals surface area contributed by atoms with E-state index in [-0.39, 0.29) is 29.5 Å². The van der Waals surface area contributed by atoms with Crippen molar-refractivity contribution in [1.29, 1.82) is 0 Å². The Labute approximate surface area is 177 Å². The number of hydrogen-bond donors (Lipinski definition) is 2. The lowest BCUT2D eigenvalue weighted by atomic mass is 9.78. The third-order valence-corrected chi connectivity index (χ3v) is 5.92.